The van der Waals surface area contributed by atoms with Crippen molar-refractivity contribution in [2.45, 2.75) is 26.7 Å². The average Bonchev–Trinajstić information content (AvgIpc) is 2.68. The second kappa shape index (κ2) is 10.5. The molecule has 0 aliphatic carbocycles. The van der Waals surface area contributed by atoms with E-state index in [0.717, 1.165) is 11.1 Å². The number of hydrogen-bond acceptors (Lipinski definition) is 5. The van der Waals surface area contributed by atoms with Gasteiger partial charge in [0.1, 0.15) is 5.75 Å². The number of halogens is 1. The summed E-state index contributed by atoms with van der Waals surface area (Å²) in [5.41, 5.74) is 3.22. The fraction of sp³-hybridized carbons (Fsp3) is 0.286. The van der Waals surface area contributed by atoms with Gasteiger partial charge in [0.2, 0.25) is 5.91 Å². The SMILES string of the molecule is COc1ccc(Cl)cc1NC(=O)COC(=O)CCC(=O)Nc1ccc(C)c(C)c1. The van der Waals surface area contributed by atoms with Crippen LogP contribution in [0.1, 0.15) is 24.0 Å². The Morgan fingerprint density at radius 1 is 0.931 bits per heavy atom. The van der Waals surface area contributed by atoms with Gasteiger partial charge in [0.15, 0.2) is 6.61 Å². The number of nitrogens with one attached hydrogen (secondary N) is 2. The van der Waals surface area contributed by atoms with Gasteiger partial charge in [-0.25, -0.2) is 0 Å². The second-order valence-corrected chi connectivity index (χ2v) is 6.84. The Hall–Kier alpha value is -3.06. The van der Waals surface area contributed by atoms with E-state index in [4.69, 9.17) is 21.1 Å². The first-order valence-electron chi connectivity index (χ1n) is 8.94. The second-order valence-electron chi connectivity index (χ2n) is 6.40. The van der Waals surface area contributed by atoms with Gasteiger partial charge in [-0.05, 0) is 55.3 Å². The number of anilines is 2. The van der Waals surface area contributed by atoms with Crippen molar-refractivity contribution < 1.29 is 23.9 Å². The Balaban J connectivity index is 1.75. The molecule has 0 aromatic heterocycles. The standard InChI is InChI=1S/C21H23ClN2O5/c1-13-4-6-16(10-14(13)2)23-19(25)8-9-21(27)29-12-20(26)24-17-11-15(22)5-7-18(17)28-3/h4-7,10-11H,8-9,12H2,1-3H3,(H,23,25)(H,24,26). The van der Waals surface area contributed by atoms with E-state index in [1.807, 2.05) is 26.0 Å². The summed E-state index contributed by atoms with van der Waals surface area (Å²) in [4.78, 5) is 35.7. The number of esters is 1. The summed E-state index contributed by atoms with van der Waals surface area (Å²) in [5, 5.41) is 5.71. The van der Waals surface area contributed by atoms with E-state index in [1.165, 1.54) is 13.2 Å². The molecule has 2 amide bonds. The molecule has 2 aromatic rings. The van der Waals surface area contributed by atoms with Crippen molar-refractivity contribution in [2.24, 2.45) is 0 Å². The largest absolute Gasteiger partial charge is 0.495 e. The highest BCUT2D eigenvalue weighted by atomic mass is 35.5. The lowest BCUT2D eigenvalue weighted by Gasteiger charge is -2.11. The molecule has 154 valence electrons. The zero-order valence-corrected chi connectivity index (χ0v) is 17.3. The summed E-state index contributed by atoms with van der Waals surface area (Å²) < 4.78 is 10.0. The van der Waals surface area contributed by atoms with E-state index in [1.54, 1.807) is 18.2 Å². The number of rotatable bonds is 8. The lowest BCUT2D eigenvalue weighted by atomic mass is 10.1. The predicted molar refractivity (Wildman–Crippen MR) is 111 cm³/mol. The molecule has 0 unspecified atom stereocenters. The van der Waals surface area contributed by atoms with Crippen molar-refractivity contribution in [2.75, 3.05) is 24.4 Å². The van der Waals surface area contributed by atoms with Crippen LogP contribution in [0.4, 0.5) is 11.4 Å². The number of carbonyl (C=O) groups is 3. The van der Waals surface area contributed by atoms with Crippen LogP contribution in [-0.2, 0) is 19.1 Å². The van der Waals surface area contributed by atoms with Crippen molar-refractivity contribution in [3.63, 3.8) is 0 Å². The van der Waals surface area contributed by atoms with Crippen LogP contribution < -0.4 is 15.4 Å². The summed E-state index contributed by atoms with van der Waals surface area (Å²) in [6, 6.07) is 10.3. The minimum Gasteiger partial charge on any atom is -0.495 e. The molecule has 2 N–H and O–H groups in total. The molecule has 7 nitrogen and oxygen atoms in total. The summed E-state index contributed by atoms with van der Waals surface area (Å²) in [6.07, 6.45) is -0.181. The predicted octanol–water partition coefficient (Wildman–Crippen LogP) is 3.87. The molecule has 2 rings (SSSR count). The number of methoxy groups -OCH3 is 1. The van der Waals surface area contributed by atoms with Crippen LogP contribution in [0.15, 0.2) is 36.4 Å². The van der Waals surface area contributed by atoms with Gasteiger partial charge in [-0.3, -0.25) is 14.4 Å². The van der Waals surface area contributed by atoms with Gasteiger partial charge < -0.3 is 20.1 Å². The van der Waals surface area contributed by atoms with E-state index in [0.29, 0.717) is 22.1 Å². The van der Waals surface area contributed by atoms with E-state index in [9.17, 15) is 14.4 Å². The van der Waals surface area contributed by atoms with Gasteiger partial charge in [0.25, 0.3) is 5.91 Å². The number of benzene rings is 2. The van der Waals surface area contributed by atoms with Crippen molar-refractivity contribution in [1.82, 2.24) is 0 Å². The van der Waals surface area contributed by atoms with Crippen LogP contribution in [-0.4, -0.2) is 31.5 Å². The van der Waals surface area contributed by atoms with Gasteiger partial charge in [0.05, 0.1) is 19.2 Å². The minimum absolute atomic E-state index is 0.0461. The highest BCUT2D eigenvalue weighted by Gasteiger charge is 2.13. The maximum absolute atomic E-state index is 12.0. The maximum atomic E-state index is 12.0. The van der Waals surface area contributed by atoms with Gasteiger partial charge in [-0.1, -0.05) is 17.7 Å². The van der Waals surface area contributed by atoms with Crippen molar-refractivity contribution in [1.29, 1.82) is 0 Å². The number of hydrogen-bond donors (Lipinski definition) is 2. The van der Waals surface area contributed by atoms with Crippen molar-refractivity contribution >= 4 is 40.8 Å². The van der Waals surface area contributed by atoms with Gasteiger partial charge >= 0.3 is 5.97 Å². The number of ether oxygens (including phenoxy) is 2. The highest BCUT2D eigenvalue weighted by Crippen LogP contribution is 2.27. The zero-order valence-electron chi connectivity index (χ0n) is 16.5. The van der Waals surface area contributed by atoms with Gasteiger partial charge in [0, 0.05) is 17.1 Å². The van der Waals surface area contributed by atoms with E-state index in [-0.39, 0.29) is 18.7 Å². The van der Waals surface area contributed by atoms with Crippen LogP contribution in [0.5, 0.6) is 5.75 Å². The number of aryl methyl sites for hydroxylation is 2. The third-order valence-corrected chi connectivity index (χ3v) is 4.38. The first-order valence-corrected chi connectivity index (χ1v) is 9.32. The Bertz CT molecular complexity index is 914. The Morgan fingerprint density at radius 2 is 1.69 bits per heavy atom. The Morgan fingerprint density at radius 3 is 2.38 bits per heavy atom. The molecule has 2 aromatic carbocycles. The minimum atomic E-state index is -0.645. The molecule has 0 aliphatic rings. The summed E-state index contributed by atoms with van der Waals surface area (Å²) >= 11 is 5.90. The van der Waals surface area contributed by atoms with Crippen LogP contribution >= 0.6 is 11.6 Å². The monoisotopic (exact) mass is 418 g/mol. The molecular weight excluding hydrogens is 396 g/mol. The molecule has 8 heteroatoms. The van der Waals surface area contributed by atoms with E-state index >= 15 is 0 Å². The smallest absolute Gasteiger partial charge is 0.306 e. The molecule has 0 fully saturated rings. The van der Waals surface area contributed by atoms with Crippen molar-refractivity contribution in [3.8, 4) is 5.75 Å². The summed E-state index contributed by atoms with van der Waals surface area (Å²) in [5.74, 6) is -1.07. The molecule has 0 spiro atoms. The molecule has 0 heterocycles. The zero-order chi connectivity index (χ0) is 21.4. The van der Waals surface area contributed by atoms with Gasteiger partial charge in [-0.15, -0.1) is 0 Å². The topological polar surface area (TPSA) is 93.7 Å². The molecule has 29 heavy (non-hydrogen) atoms. The van der Waals surface area contributed by atoms with Crippen LogP contribution in [0.3, 0.4) is 0 Å². The normalized spacial score (nSPS) is 10.2. The van der Waals surface area contributed by atoms with Crippen molar-refractivity contribution in [3.05, 3.63) is 52.5 Å². The first kappa shape index (κ1) is 22.2. The fourth-order valence-electron chi connectivity index (χ4n) is 2.44. The third kappa shape index (κ3) is 7.12. The molecule has 0 saturated heterocycles. The molecule has 0 atom stereocenters. The third-order valence-electron chi connectivity index (χ3n) is 4.15. The van der Waals surface area contributed by atoms with E-state index in [2.05, 4.69) is 10.6 Å². The lowest BCUT2D eigenvalue weighted by Crippen LogP contribution is -2.22. The quantitative estimate of drug-likeness (QED) is 0.635. The molecule has 0 bridgehead atoms. The Labute approximate surface area is 174 Å². The molecule has 0 saturated carbocycles. The molecule has 0 radical (unpaired) electrons. The highest BCUT2D eigenvalue weighted by molar-refractivity contribution is 6.31. The average molecular weight is 419 g/mol. The van der Waals surface area contributed by atoms with Crippen LogP contribution in [0, 0.1) is 13.8 Å². The fourth-order valence-corrected chi connectivity index (χ4v) is 2.61. The number of carbonyl (C=O) groups excluding carboxylic acids is 3. The lowest BCUT2D eigenvalue weighted by molar-refractivity contribution is -0.147. The van der Waals surface area contributed by atoms with Gasteiger partial charge in [-0.2, -0.15) is 0 Å². The summed E-state index contributed by atoms with van der Waals surface area (Å²) in [7, 11) is 1.46. The van der Waals surface area contributed by atoms with E-state index < -0.39 is 18.5 Å². The maximum Gasteiger partial charge on any atom is 0.306 e. The summed E-state index contributed by atoms with van der Waals surface area (Å²) in [6.45, 7) is 3.45. The number of amides is 2. The Kier molecular flexibility index (Phi) is 8.03. The first-order chi connectivity index (χ1) is 13.8. The van der Waals surface area contributed by atoms with Crippen LogP contribution in [0.2, 0.25) is 5.02 Å². The molecular formula is C21H23ClN2O5. The molecule has 0 aliphatic heterocycles. The van der Waals surface area contributed by atoms with Crippen LogP contribution in [0.25, 0.3) is 0 Å².